The van der Waals surface area contributed by atoms with Gasteiger partial charge in [0.1, 0.15) is 11.4 Å². The Labute approximate surface area is 141 Å². The lowest BCUT2D eigenvalue weighted by atomic mass is 10.1. The number of H-pyrrole nitrogens is 1. The van der Waals surface area contributed by atoms with Gasteiger partial charge in [0.2, 0.25) is 0 Å². The van der Waals surface area contributed by atoms with E-state index in [0.717, 1.165) is 12.6 Å². The number of hydrogen-bond acceptors (Lipinski definition) is 5. The summed E-state index contributed by atoms with van der Waals surface area (Å²) in [6, 6.07) is 2.28. The highest BCUT2D eigenvalue weighted by atomic mass is 19.4. The number of carbonyl (C=O) groups excluding carboxylic acids is 1. The number of carbonyl (C=O) groups is 1. The first-order chi connectivity index (χ1) is 11.8. The zero-order valence-electron chi connectivity index (χ0n) is 13.1. The highest BCUT2D eigenvalue weighted by Gasteiger charge is 2.35. The van der Waals surface area contributed by atoms with Gasteiger partial charge in [-0.25, -0.2) is 9.78 Å². The van der Waals surface area contributed by atoms with E-state index in [2.05, 4.69) is 25.8 Å². The van der Waals surface area contributed by atoms with Crippen molar-refractivity contribution < 1.29 is 28.0 Å². The molecule has 8 nitrogen and oxygen atoms in total. The molecule has 5 N–H and O–H groups in total. The van der Waals surface area contributed by atoms with Crippen LogP contribution in [-0.2, 0) is 6.18 Å². The van der Waals surface area contributed by atoms with E-state index in [1.54, 1.807) is 0 Å². The zero-order chi connectivity index (χ0) is 18.9. The lowest BCUT2D eigenvalue weighted by Crippen LogP contribution is -2.29. The Hall–Kier alpha value is -2.60. The highest BCUT2D eigenvalue weighted by molar-refractivity contribution is 6.13. The number of aromatic amines is 1. The van der Waals surface area contributed by atoms with Gasteiger partial charge < -0.3 is 15.4 Å². The van der Waals surface area contributed by atoms with Gasteiger partial charge >= 0.3 is 19.9 Å². The van der Waals surface area contributed by atoms with Crippen molar-refractivity contribution in [2.24, 2.45) is 0 Å². The summed E-state index contributed by atoms with van der Waals surface area (Å²) in [5.41, 5.74) is -0.822. The Balaban J connectivity index is 0.000000970. The molecule has 0 atom stereocenters. The fourth-order valence-corrected chi connectivity index (χ4v) is 1.77. The molecule has 0 aliphatic carbocycles. The quantitative estimate of drug-likeness (QED) is 0.531. The summed E-state index contributed by atoms with van der Waals surface area (Å²) in [5.74, 6) is 0.147. The van der Waals surface area contributed by atoms with Gasteiger partial charge in [0.25, 0.3) is 0 Å². The van der Waals surface area contributed by atoms with Crippen LogP contribution in [0.25, 0.3) is 11.3 Å². The summed E-state index contributed by atoms with van der Waals surface area (Å²) in [6.07, 6.45) is -1.72. The van der Waals surface area contributed by atoms with Crippen molar-refractivity contribution >= 4 is 19.5 Å². The first-order valence-electron chi connectivity index (χ1n) is 7.05. The highest BCUT2D eigenvalue weighted by Crippen LogP contribution is 2.35. The molecule has 25 heavy (non-hydrogen) atoms. The van der Waals surface area contributed by atoms with E-state index in [1.165, 1.54) is 18.3 Å². The fraction of sp³-hybridized carbons (Fsp3) is 0.308. The van der Waals surface area contributed by atoms with Crippen molar-refractivity contribution in [2.45, 2.75) is 19.5 Å². The molecule has 0 saturated carbocycles. The van der Waals surface area contributed by atoms with Crippen LogP contribution in [0.5, 0.6) is 0 Å². The number of hydrogen-bond donors (Lipinski definition) is 5. The molecule has 0 spiro atoms. The second kappa shape index (κ2) is 9.64. The number of pyridine rings is 1. The Morgan fingerprint density at radius 1 is 1.40 bits per heavy atom. The lowest BCUT2D eigenvalue weighted by molar-refractivity contribution is -0.137. The van der Waals surface area contributed by atoms with E-state index in [1.807, 2.05) is 6.92 Å². The van der Waals surface area contributed by atoms with Crippen LogP contribution in [0.4, 0.5) is 23.8 Å². The minimum absolute atomic E-state index is 0. The van der Waals surface area contributed by atoms with Crippen molar-refractivity contribution in [1.29, 1.82) is 0 Å². The van der Waals surface area contributed by atoms with E-state index < -0.39 is 17.8 Å². The van der Waals surface area contributed by atoms with Gasteiger partial charge in [-0.2, -0.15) is 18.3 Å². The Morgan fingerprint density at radius 2 is 2.08 bits per heavy atom. The number of nitrogens with one attached hydrogen (secondary N) is 3. The summed E-state index contributed by atoms with van der Waals surface area (Å²) < 4.78 is 38.6. The topological polar surface area (TPSA) is 123 Å². The van der Waals surface area contributed by atoms with Crippen molar-refractivity contribution in [3.8, 4) is 11.3 Å². The third kappa shape index (κ3) is 6.43. The molecule has 2 aromatic heterocycles. The van der Waals surface area contributed by atoms with Crippen LogP contribution in [0.1, 0.15) is 18.9 Å². The normalized spacial score (nSPS) is 10.5. The van der Waals surface area contributed by atoms with Gasteiger partial charge in [0.05, 0.1) is 11.9 Å². The van der Waals surface area contributed by atoms with Gasteiger partial charge in [0.15, 0.2) is 0 Å². The van der Waals surface area contributed by atoms with E-state index in [-0.39, 0.29) is 24.8 Å². The molecule has 0 aliphatic heterocycles. The maximum Gasteiger partial charge on any atom is 0.482 e. The summed E-state index contributed by atoms with van der Waals surface area (Å²) in [7, 11) is 0. The summed E-state index contributed by atoms with van der Waals surface area (Å²) in [4.78, 5) is 15.4. The Morgan fingerprint density at radius 3 is 2.68 bits per heavy atom. The predicted octanol–water partition coefficient (Wildman–Crippen LogP) is 1.53. The molecule has 0 unspecified atom stereocenters. The van der Waals surface area contributed by atoms with Gasteiger partial charge in [-0.15, -0.1) is 0 Å². The summed E-state index contributed by atoms with van der Waals surface area (Å²) in [6.45, 7) is 2.39. The van der Waals surface area contributed by atoms with Gasteiger partial charge in [-0.1, -0.05) is 6.92 Å². The van der Waals surface area contributed by atoms with Crippen LogP contribution in [0, 0.1) is 0 Å². The first kappa shape index (κ1) is 20.4. The molecule has 0 aliphatic rings. The molecule has 2 rings (SSSR count). The molecule has 2 amide bonds. The largest absolute Gasteiger partial charge is 0.482 e. The average Bonchev–Trinajstić information content (AvgIpc) is 3.04. The minimum atomic E-state index is -4.52. The maximum absolute atomic E-state index is 12.9. The third-order valence-corrected chi connectivity index (χ3v) is 2.77. The number of rotatable bonds is 4. The summed E-state index contributed by atoms with van der Waals surface area (Å²) >= 11 is 0. The van der Waals surface area contributed by atoms with Gasteiger partial charge in [-0.3, -0.25) is 10.4 Å². The molecule has 1 radical (unpaired) electrons. The number of anilines is 1. The number of nitrogens with zero attached hydrogens (tertiary/aromatic N) is 2. The second-order valence-corrected chi connectivity index (χ2v) is 4.58. The molecular weight excluding hydrogens is 342 g/mol. The maximum atomic E-state index is 12.9. The van der Waals surface area contributed by atoms with E-state index in [9.17, 15) is 18.0 Å². The van der Waals surface area contributed by atoms with Crippen LogP contribution in [0.3, 0.4) is 0 Å². The lowest BCUT2D eigenvalue weighted by Gasteiger charge is -2.09. The summed E-state index contributed by atoms with van der Waals surface area (Å²) in [5, 5.41) is 24.8. The van der Waals surface area contributed by atoms with Crippen molar-refractivity contribution in [1.82, 2.24) is 20.5 Å². The SMILES string of the molecule is CCCNC(=O)Nc1cc(-c2[nH]ncc2C(F)(F)F)ccn1.O[B]O. The van der Waals surface area contributed by atoms with Crippen LogP contribution in [0.2, 0.25) is 0 Å². The van der Waals surface area contributed by atoms with Crippen LogP contribution >= 0.6 is 0 Å². The second-order valence-electron chi connectivity index (χ2n) is 4.58. The third-order valence-electron chi connectivity index (χ3n) is 2.77. The van der Waals surface area contributed by atoms with E-state index >= 15 is 0 Å². The molecule has 0 fully saturated rings. The first-order valence-corrected chi connectivity index (χ1v) is 7.05. The number of aromatic nitrogens is 3. The van der Waals surface area contributed by atoms with Crippen molar-refractivity contribution in [2.75, 3.05) is 11.9 Å². The standard InChI is InChI=1S/C13H14F3N5O.BH2O2/c1-2-4-18-12(22)20-10-6-8(3-5-17-10)11-9(7-19-21-11)13(14,15)16;2-1-3/h3,5-7H,2,4H2,1H3,(H,19,21)(H2,17,18,20,22);2-3H. The van der Waals surface area contributed by atoms with Crippen LogP contribution in [0.15, 0.2) is 24.5 Å². The molecule has 0 bridgehead atoms. The monoisotopic (exact) mass is 358 g/mol. The molecule has 135 valence electrons. The van der Waals surface area contributed by atoms with E-state index in [4.69, 9.17) is 10.0 Å². The van der Waals surface area contributed by atoms with Crippen LogP contribution in [-0.4, -0.2) is 45.5 Å². The molecule has 0 aromatic carbocycles. The fourth-order valence-electron chi connectivity index (χ4n) is 1.77. The van der Waals surface area contributed by atoms with Crippen LogP contribution < -0.4 is 10.6 Å². The van der Waals surface area contributed by atoms with Crippen molar-refractivity contribution in [3.05, 3.63) is 30.1 Å². The van der Waals surface area contributed by atoms with Gasteiger partial charge in [-0.05, 0) is 18.6 Å². The molecule has 2 heterocycles. The average molecular weight is 358 g/mol. The zero-order valence-corrected chi connectivity index (χ0v) is 13.1. The number of halogens is 3. The molecule has 12 heteroatoms. The molecule has 0 saturated heterocycles. The molecule has 2 aromatic rings. The Bertz CT molecular complexity index is 681. The smallest absolute Gasteiger partial charge is 0.429 e. The number of amides is 2. The predicted molar refractivity (Wildman–Crippen MR) is 84.3 cm³/mol. The number of alkyl halides is 3. The number of urea groups is 1. The minimum Gasteiger partial charge on any atom is -0.429 e. The molecular formula is C13H16BF3N5O3. The van der Waals surface area contributed by atoms with E-state index in [0.29, 0.717) is 6.54 Å². The van der Waals surface area contributed by atoms with Crippen molar-refractivity contribution in [3.63, 3.8) is 0 Å². The Kier molecular flexibility index (Phi) is 7.89. The van der Waals surface area contributed by atoms with Gasteiger partial charge in [0, 0.05) is 18.3 Å².